The smallest absolute Gasteiger partial charge is 0.287 e. The first kappa shape index (κ1) is 17.9. The molecule has 4 rings (SSSR count). The SMILES string of the molecule is O=c1c(SCc2ccccc2)c(N2CCCCC2)cnn1-c1ccccc1. The largest absolute Gasteiger partial charge is 0.369 e. The van der Waals surface area contributed by atoms with Gasteiger partial charge in [-0.05, 0) is 37.0 Å². The molecule has 1 aliphatic heterocycles. The molecule has 1 fully saturated rings. The van der Waals surface area contributed by atoms with E-state index in [-0.39, 0.29) is 5.56 Å². The average molecular weight is 378 g/mol. The normalized spacial score (nSPS) is 14.3. The van der Waals surface area contributed by atoms with E-state index >= 15 is 0 Å². The van der Waals surface area contributed by atoms with Crippen molar-refractivity contribution in [2.45, 2.75) is 29.9 Å². The highest BCUT2D eigenvalue weighted by molar-refractivity contribution is 7.98. The van der Waals surface area contributed by atoms with Gasteiger partial charge in [-0.15, -0.1) is 11.8 Å². The van der Waals surface area contributed by atoms with E-state index in [4.69, 9.17) is 0 Å². The number of rotatable bonds is 5. The number of aromatic nitrogens is 2. The molecule has 138 valence electrons. The Kier molecular flexibility index (Phi) is 5.58. The number of thioether (sulfide) groups is 1. The van der Waals surface area contributed by atoms with Gasteiger partial charge in [0.15, 0.2) is 0 Å². The summed E-state index contributed by atoms with van der Waals surface area (Å²) < 4.78 is 1.51. The number of para-hydroxylation sites is 1. The molecule has 5 heteroatoms. The summed E-state index contributed by atoms with van der Waals surface area (Å²) in [6, 6.07) is 19.9. The Morgan fingerprint density at radius 1 is 0.889 bits per heavy atom. The maximum absolute atomic E-state index is 13.3. The van der Waals surface area contributed by atoms with Crippen LogP contribution in [0.3, 0.4) is 0 Å². The molecule has 0 bridgehead atoms. The molecule has 0 aliphatic carbocycles. The zero-order chi connectivity index (χ0) is 18.5. The van der Waals surface area contributed by atoms with Crippen molar-refractivity contribution in [1.82, 2.24) is 9.78 Å². The second-order valence-electron chi connectivity index (χ2n) is 6.73. The van der Waals surface area contributed by atoms with Crippen LogP contribution in [-0.2, 0) is 5.75 Å². The number of benzene rings is 2. The molecule has 0 amide bonds. The van der Waals surface area contributed by atoms with Crippen molar-refractivity contribution in [2.24, 2.45) is 0 Å². The number of hydrogen-bond acceptors (Lipinski definition) is 4. The van der Waals surface area contributed by atoms with Crippen LogP contribution in [-0.4, -0.2) is 22.9 Å². The van der Waals surface area contributed by atoms with Crippen LogP contribution in [0.15, 0.2) is 76.6 Å². The molecule has 0 saturated carbocycles. The number of hydrogen-bond donors (Lipinski definition) is 0. The molecule has 0 unspecified atom stereocenters. The van der Waals surface area contributed by atoms with E-state index < -0.39 is 0 Å². The Hall–Kier alpha value is -2.53. The van der Waals surface area contributed by atoms with Crippen LogP contribution in [0, 0.1) is 0 Å². The lowest BCUT2D eigenvalue weighted by atomic mass is 10.1. The molecule has 4 nitrogen and oxygen atoms in total. The van der Waals surface area contributed by atoms with E-state index in [9.17, 15) is 4.79 Å². The highest BCUT2D eigenvalue weighted by atomic mass is 32.2. The van der Waals surface area contributed by atoms with Crippen LogP contribution < -0.4 is 10.5 Å². The summed E-state index contributed by atoms with van der Waals surface area (Å²) in [7, 11) is 0. The van der Waals surface area contributed by atoms with Crippen molar-refractivity contribution >= 4 is 17.4 Å². The predicted molar refractivity (Wildman–Crippen MR) is 112 cm³/mol. The molecular formula is C22H23N3OS. The average Bonchev–Trinajstić information content (AvgIpc) is 2.74. The molecule has 0 radical (unpaired) electrons. The van der Waals surface area contributed by atoms with Gasteiger partial charge < -0.3 is 4.90 Å². The predicted octanol–water partition coefficient (Wildman–Crippen LogP) is 4.52. The summed E-state index contributed by atoms with van der Waals surface area (Å²) in [5.41, 5.74) is 2.96. The van der Waals surface area contributed by atoms with Crippen molar-refractivity contribution in [3.8, 4) is 5.69 Å². The maximum Gasteiger partial charge on any atom is 0.287 e. The van der Waals surface area contributed by atoms with Crippen molar-refractivity contribution < 1.29 is 0 Å². The molecule has 0 spiro atoms. The van der Waals surface area contributed by atoms with Crippen LogP contribution in [0.4, 0.5) is 5.69 Å². The summed E-state index contributed by atoms with van der Waals surface area (Å²) in [4.78, 5) is 16.4. The second-order valence-corrected chi connectivity index (χ2v) is 7.72. The van der Waals surface area contributed by atoms with Gasteiger partial charge in [0.1, 0.15) is 4.90 Å². The lowest BCUT2D eigenvalue weighted by Gasteiger charge is -2.30. The molecule has 27 heavy (non-hydrogen) atoms. The summed E-state index contributed by atoms with van der Waals surface area (Å²) in [6.45, 7) is 1.99. The Morgan fingerprint density at radius 2 is 1.56 bits per heavy atom. The van der Waals surface area contributed by atoms with Crippen LogP contribution >= 0.6 is 11.8 Å². The van der Waals surface area contributed by atoms with E-state index in [0.29, 0.717) is 0 Å². The maximum atomic E-state index is 13.3. The van der Waals surface area contributed by atoms with Crippen molar-refractivity contribution in [1.29, 1.82) is 0 Å². The fourth-order valence-corrected chi connectivity index (χ4v) is 4.45. The summed E-state index contributed by atoms with van der Waals surface area (Å²) in [5, 5.41) is 4.49. The van der Waals surface area contributed by atoms with Gasteiger partial charge in [0.05, 0.1) is 17.6 Å². The first-order valence-electron chi connectivity index (χ1n) is 9.42. The fourth-order valence-electron chi connectivity index (χ4n) is 3.41. The quantitative estimate of drug-likeness (QED) is 0.613. The van der Waals surface area contributed by atoms with E-state index in [1.165, 1.54) is 29.5 Å². The summed E-state index contributed by atoms with van der Waals surface area (Å²) >= 11 is 1.61. The molecule has 2 heterocycles. The molecular weight excluding hydrogens is 354 g/mol. The van der Waals surface area contributed by atoms with Gasteiger partial charge in [0, 0.05) is 18.8 Å². The molecule has 0 atom stereocenters. The van der Waals surface area contributed by atoms with E-state index in [0.717, 1.165) is 35.1 Å². The third kappa shape index (κ3) is 4.08. The van der Waals surface area contributed by atoms with Crippen LogP contribution in [0.2, 0.25) is 0 Å². The Balaban J connectivity index is 1.72. The number of nitrogens with zero attached hydrogens (tertiary/aromatic N) is 3. The number of anilines is 1. The minimum absolute atomic E-state index is 0.0368. The standard InChI is InChI=1S/C22H23N3OS/c26-22-21(27-17-18-10-4-1-5-11-18)20(24-14-8-3-9-15-24)16-23-25(22)19-12-6-2-7-13-19/h1-2,4-7,10-13,16H,3,8-9,14-15,17H2. The molecule has 0 N–H and O–H groups in total. The van der Waals surface area contributed by atoms with Gasteiger partial charge in [-0.25, -0.2) is 0 Å². The molecule has 1 aromatic heterocycles. The van der Waals surface area contributed by atoms with Gasteiger partial charge in [0.25, 0.3) is 5.56 Å². The lowest BCUT2D eigenvalue weighted by Crippen LogP contribution is -2.33. The van der Waals surface area contributed by atoms with Crippen molar-refractivity contribution in [3.63, 3.8) is 0 Å². The van der Waals surface area contributed by atoms with Crippen LogP contribution in [0.25, 0.3) is 5.69 Å². The van der Waals surface area contributed by atoms with Gasteiger partial charge >= 0.3 is 0 Å². The minimum atomic E-state index is -0.0368. The number of piperidine rings is 1. The van der Waals surface area contributed by atoms with E-state index in [1.54, 1.807) is 11.8 Å². The topological polar surface area (TPSA) is 38.1 Å². The monoisotopic (exact) mass is 377 g/mol. The van der Waals surface area contributed by atoms with E-state index in [2.05, 4.69) is 22.1 Å². The lowest BCUT2D eigenvalue weighted by molar-refractivity contribution is 0.571. The highest BCUT2D eigenvalue weighted by Crippen LogP contribution is 2.31. The van der Waals surface area contributed by atoms with Crippen molar-refractivity contribution in [3.05, 3.63) is 82.8 Å². The van der Waals surface area contributed by atoms with Gasteiger partial charge in [-0.1, -0.05) is 48.5 Å². The Morgan fingerprint density at radius 3 is 2.26 bits per heavy atom. The minimum Gasteiger partial charge on any atom is -0.369 e. The van der Waals surface area contributed by atoms with E-state index in [1.807, 2.05) is 54.7 Å². The first-order valence-corrected chi connectivity index (χ1v) is 10.4. The summed E-state index contributed by atoms with van der Waals surface area (Å²) in [5.74, 6) is 0.774. The Labute approximate surface area is 163 Å². The molecule has 3 aromatic rings. The first-order chi connectivity index (χ1) is 13.3. The van der Waals surface area contributed by atoms with Crippen LogP contribution in [0.1, 0.15) is 24.8 Å². The third-order valence-electron chi connectivity index (χ3n) is 4.84. The zero-order valence-corrected chi connectivity index (χ0v) is 16.1. The molecule has 2 aromatic carbocycles. The molecule has 1 aliphatic rings. The van der Waals surface area contributed by atoms with Gasteiger partial charge in [0.2, 0.25) is 0 Å². The van der Waals surface area contributed by atoms with Crippen molar-refractivity contribution in [2.75, 3.05) is 18.0 Å². The summed E-state index contributed by atoms with van der Waals surface area (Å²) in [6.07, 6.45) is 5.47. The highest BCUT2D eigenvalue weighted by Gasteiger charge is 2.20. The molecule has 1 saturated heterocycles. The third-order valence-corrected chi connectivity index (χ3v) is 5.99. The Bertz CT molecular complexity index is 935. The second kappa shape index (κ2) is 8.44. The fraction of sp³-hybridized carbons (Fsp3) is 0.273. The van der Waals surface area contributed by atoms with Gasteiger partial charge in [-0.2, -0.15) is 9.78 Å². The zero-order valence-electron chi connectivity index (χ0n) is 15.3. The van der Waals surface area contributed by atoms with Crippen LogP contribution in [0.5, 0.6) is 0 Å². The van der Waals surface area contributed by atoms with Gasteiger partial charge in [-0.3, -0.25) is 4.79 Å².